The van der Waals surface area contributed by atoms with Crippen LogP contribution in [0.15, 0.2) is 67.0 Å². The molecule has 2 aromatic heterocycles. The second-order valence-corrected chi connectivity index (χ2v) is 10.5. The molecule has 0 saturated carbocycles. The van der Waals surface area contributed by atoms with Gasteiger partial charge in [-0.3, -0.25) is 9.78 Å². The van der Waals surface area contributed by atoms with Crippen LogP contribution in [0.1, 0.15) is 60.7 Å². The average Bonchev–Trinajstić information content (AvgIpc) is 3.33. The lowest BCUT2D eigenvalue weighted by Gasteiger charge is -2.15. The van der Waals surface area contributed by atoms with Crippen LogP contribution in [0.3, 0.4) is 0 Å². The lowest BCUT2D eigenvalue weighted by Crippen LogP contribution is -2.08. The molecule has 4 aromatic rings. The van der Waals surface area contributed by atoms with Crippen molar-refractivity contribution in [3.05, 3.63) is 88.7 Å². The van der Waals surface area contributed by atoms with Crippen molar-refractivity contribution in [2.45, 2.75) is 52.4 Å². The number of ether oxygens (including phenoxy) is 1. The average molecular weight is 501 g/mol. The topological polar surface area (TPSA) is 72.3 Å². The number of benzene rings is 2. The lowest BCUT2D eigenvalue weighted by atomic mass is 10.0. The molecule has 0 bridgehead atoms. The van der Waals surface area contributed by atoms with Crippen LogP contribution in [-0.2, 0) is 11.2 Å². The van der Waals surface area contributed by atoms with Crippen molar-refractivity contribution in [1.29, 1.82) is 0 Å². The van der Waals surface area contributed by atoms with Gasteiger partial charge in [-0.2, -0.15) is 0 Å². The summed E-state index contributed by atoms with van der Waals surface area (Å²) in [6, 6.07) is 18.5. The van der Waals surface area contributed by atoms with Crippen LogP contribution in [0.25, 0.3) is 21.7 Å². The SMILES string of the molecule is Cc1cc(OCC(C)c2sc(-c3ccc(-c4ccncc4)cc3)nc2C(C)C)ccc1CCC(=O)O. The Morgan fingerprint density at radius 1 is 0.972 bits per heavy atom. The molecule has 1 N–H and O–H groups in total. The Kier molecular flexibility index (Phi) is 8.16. The zero-order valence-corrected chi connectivity index (χ0v) is 22.0. The molecule has 0 aliphatic rings. The van der Waals surface area contributed by atoms with Gasteiger partial charge >= 0.3 is 5.97 Å². The van der Waals surface area contributed by atoms with Crippen molar-refractivity contribution in [1.82, 2.24) is 9.97 Å². The van der Waals surface area contributed by atoms with Crippen LogP contribution in [0.2, 0.25) is 0 Å². The molecule has 2 aromatic carbocycles. The predicted molar refractivity (Wildman–Crippen MR) is 146 cm³/mol. The highest BCUT2D eigenvalue weighted by Crippen LogP contribution is 2.37. The molecule has 1 unspecified atom stereocenters. The van der Waals surface area contributed by atoms with Gasteiger partial charge in [-0.15, -0.1) is 11.3 Å². The van der Waals surface area contributed by atoms with E-state index < -0.39 is 5.97 Å². The fourth-order valence-corrected chi connectivity index (χ4v) is 5.42. The first-order chi connectivity index (χ1) is 17.3. The monoisotopic (exact) mass is 500 g/mol. The zero-order valence-electron chi connectivity index (χ0n) is 21.2. The molecule has 2 heterocycles. The maximum Gasteiger partial charge on any atom is 0.303 e. The Morgan fingerprint density at radius 3 is 2.28 bits per heavy atom. The minimum Gasteiger partial charge on any atom is -0.493 e. The Labute approximate surface area is 216 Å². The van der Waals surface area contributed by atoms with E-state index in [9.17, 15) is 4.79 Å². The number of aryl methyl sites for hydroxylation is 2. The van der Waals surface area contributed by atoms with Crippen LogP contribution in [0.4, 0.5) is 0 Å². The summed E-state index contributed by atoms with van der Waals surface area (Å²) in [4.78, 5) is 21.3. The number of pyridine rings is 1. The van der Waals surface area contributed by atoms with Gasteiger partial charge in [-0.25, -0.2) is 4.98 Å². The smallest absolute Gasteiger partial charge is 0.303 e. The Hall–Kier alpha value is -3.51. The highest BCUT2D eigenvalue weighted by atomic mass is 32.1. The molecule has 4 rings (SSSR count). The summed E-state index contributed by atoms with van der Waals surface area (Å²) in [6.07, 6.45) is 4.28. The highest BCUT2D eigenvalue weighted by Gasteiger charge is 2.21. The van der Waals surface area contributed by atoms with E-state index in [0.717, 1.165) is 44.3 Å². The number of thiazole rings is 1. The summed E-state index contributed by atoms with van der Waals surface area (Å²) in [6.45, 7) is 9.10. The quantitative estimate of drug-likeness (QED) is 0.244. The largest absolute Gasteiger partial charge is 0.493 e. The Bertz CT molecular complexity index is 1310. The van der Waals surface area contributed by atoms with Crippen LogP contribution >= 0.6 is 11.3 Å². The number of aliphatic carboxylic acids is 1. The van der Waals surface area contributed by atoms with Crippen LogP contribution < -0.4 is 4.74 Å². The first-order valence-corrected chi connectivity index (χ1v) is 13.1. The number of rotatable bonds is 10. The van der Waals surface area contributed by atoms with Crippen molar-refractivity contribution in [2.24, 2.45) is 0 Å². The van der Waals surface area contributed by atoms with Gasteiger partial charge < -0.3 is 9.84 Å². The van der Waals surface area contributed by atoms with E-state index in [1.807, 2.05) is 49.6 Å². The number of carboxylic acids is 1. The van der Waals surface area contributed by atoms with Gasteiger partial charge in [0.15, 0.2) is 0 Å². The summed E-state index contributed by atoms with van der Waals surface area (Å²) in [5.41, 5.74) is 6.65. The van der Waals surface area contributed by atoms with E-state index in [-0.39, 0.29) is 12.3 Å². The number of hydrogen-bond acceptors (Lipinski definition) is 5. The molecule has 0 radical (unpaired) electrons. The molecule has 0 aliphatic carbocycles. The first-order valence-electron chi connectivity index (χ1n) is 12.3. The second-order valence-electron chi connectivity index (χ2n) is 9.43. The van der Waals surface area contributed by atoms with E-state index in [0.29, 0.717) is 18.9 Å². The van der Waals surface area contributed by atoms with Crippen LogP contribution in [-0.4, -0.2) is 27.7 Å². The van der Waals surface area contributed by atoms with Crippen molar-refractivity contribution >= 4 is 17.3 Å². The van der Waals surface area contributed by atoms with Gasteiger partial charge in [-0.05, 0) is 65.8 Å². The molecule has 0 aliphatic heterocycles. The van der Waals surface area contributed by atoms with Crippen molar-refractivity contribution in [3.63, 3.8) is 0 Å². The van der Waals surface area contributed by atoms with Gasteiger partial charge in [-0.1, -0.05) is 51.1 Å². The van der Waals surface area contributed by atoms with Crippen molar-refractivity contribution < 1.29 is 14.6 Å². The minimum atomic E-state index is -0.780. The Morgan fingerprint density at radius 2 is 1.64 bits per heavy atom. The number of nitrogens with zero attached hydrogens (tertiary/aromatic N) is 2. The fourth-order valence-electron chi connectivity index (χ4n) is 4.16. The van der Waals surface area contributed by atoms with Gasteiger partial charge in [0.1, 0.15) is 10.8 Å². The minimum absolute atomic E-state index is 0.135. The number of carboxylic acid groups (broad SMARTS) is 1. The van der Waals surface area contributed by atoms with E-state index in [4.69, 9.17) is 14.8 Å². The summed E-state index contributed by atoms with van der Waals surface area (Å²) < 4.78 is 6.16. The van der Waals surface area contributed by atoms with Crippen LogP contribution in [0, 0.1) is 6.92 Å². The van der Waals surface area contributed by atoms with Gasteiger partial charge in [0, 0.05) is 35.2 Å². The molecule has 0 fully saturated rings. The maximum absolute atomic E-state index is 10.9. The Balaban J connectivity index is 1.48. The van der Waals surface area contributed by atoms with Crippen molar-refractivity contribution in [2.75, 3.05) is 6.61 Å². The normalized spacial score (nSPS) is 12.0. The van der Waals surface area contributed by atoms with E-state index in [1.54, 1.807) is 11.3 Å². The third-order valence-electron chi connectivity index (χ3n) is 6.24. The standard InChI is InChI=1S/C30H32N2O3S/c1-19(2)28-29(21(4)18-35-26-11-9-22(20(3)17-26)10-12-27(33)34)36-30(32-28)25-7-5-23(6-8-25)24-13-15-31-16-14-24/h5-9,11,13-17,19,21H,10,12,18H2,1-4H3,(H,33,34). The van der Waals surface area contributed by atoms with Crippen LogP contribution in [0.5, 0.6) is 5.75 Å². The van der Waals surface area contributed by atoms with Gasteiger partial charge in [0.05, 0.1) is 12.3 Å². The van der Waals surface area contributed by atoms with Crippen molar-refractivity contribution in [3.8, 4) is 27.4 Å². The zero-order chi connectivity index (χ0) is 25.7. The molecule has 186 valence electrons. The molecule has 5 nitrogen and oxygen atoms in total. The third-order valence-corrected chi connectivity index (χ3v) is 7.60. The van der Waals surface area contributed by atoms with E-state index in [2.05, 4.69) is 50.0 Å². The first kappa shape index (κ1) is 25.6. The number of carbonyl (C=O) groups is 1. The highest BCUT2D eigenvalue weighted by molar-refractivity contribution is 7.15. The third kappa shape index (κ3) is 6.18. The summed E-state index contributed by atoms with van der Waals surface area (Å²) in [5, 5.41) is 9.97. The molecule has 36 heavy (non-hydrogen) atoms. The second kappa shape index (κ2) is 11.5. The molecular formula is C30H32N2O3S. The molecule has 0 amide bonds. The van der Waals surface area contributed by atoms with Gasteiger partial charge in [0.2, 0.25) is 0 Å². The van der Waals surface area contributed by atoms with Gasteiger partial charge in [0.25, 0.3) is 0 Å². The fraction of sp³-hybridized carbons (Fsp3) is 0.300. The summed E-state index contributed by atoms with van der Waals surface area (Å²) >= 11 is 1.74. The molecule has 6 heteroatoms. The molecular weight excluding hydrogens is 468 g/mol. The van der Waals surface area contributed by atoms with E-state index >= 15 is 0 Å². The number of hydrogen-bond donors (Lipinski definition) is 1. The van der Waals surface area contributed by atoms with E-state index in [1.165, 1.54) is 4.88 Å². The molecule has 0 spiro atoms. The summed E-state index contributed by atoms with van der Waals surface area (Å²) in [5.74, 6) is 0.537. The molecule has 0 saturated heterocycles. The number of aromatic nitrogens is 2. The lowest BCUT2D eigenvalue weighted by molar-refractivity contribution is -0.136. The molecule has 1 atom stereocenters. The summed E-state index contributed by atoms with van der Waals surface area (Å²) in [7, 11) is 0. The predicted octanol–water partition coefficient (Wildman–Crippen LogP) is 7.50. The maximum atomic E-state index is 10.9.